The molecule has 0 fully saturated rings. The maximum Gasteiger partial charge on any atom is 0.341 e. The van der Waals surface area contributed by atoms with E-state index in [4.69, 9.17) is 4.74 Å². The summed E-state index contributed by atoms with van der Waals surface area (Å²) in [7, 11) is 0. The molecule has 8 nitrogen and oxygen atoms in total. The fraction of sp³-hybridized carbons (Fsp3) is 0.143. The normalized spacial score (nSPS) is 11.1. The average Bonchev–Trinajstić information content (AvgIpc) is 3.28. The first-order valence-electron chi connectivity index (χ1n) is 11.6. The number of nitrogens with zero attached hydrogens (tertiary/aromatic N) is 3. The van der Waals surface area contributed by atoms with Crippen LogP contribution in [0.25, 0.3) is 27.5 Å². The van der Waals surface area contributed by atoms with Gasteiger partial charge in [0.2, 0.25) is 5.91 Å². The number of esters is 1. The highest BCUT2D eigenvalue weighted by atomic mass is 16.5. The number of hydrogen-bond donors (Lipinski definition) is 1. The number of nitrogens with one attached hydrogen (secondary N) is 1. The summed E-state index contributed by atoms with van der Waals surface area (Å²) in [6.45, 7) is 3.90. The zero-order valence-corrected chi connectivity index (χ0v) is 19.9. The zero-order valence-electron chi connectivity index (χ0n) is 19.9. The van der Waals surface area contributed by atoms with Gasteiger partial charge in [0, 0.05) is 16.5 Å². The number of amides is 1. The number of benzene rings is 3. The molecular formula is C28H24N4O4. The molecule has 2 aromatic heterocycles. The van der Waals surface area contributed by atoms with Crippen molar-refractivity contribution in [2.45, 2.75) is 20.4 Å². The molecule has 0 atom stereocenters. The highest BCUT2D eigenvalue weighted by molar-refractivity contribution is 5.97. The lowest BCUT2D eigenvalue weighted by molar-refractivity contribution is -0.116. The third-order valence-electron chi connectivity index (χ3n) is 6.08. The largest absolute Gasteiger partial charge is 0.462 e. The van der Waals surface area contributed by atoms with Gasteiger partial charge in [-0.3, -0.25) is 9.59 Å². The summed E-state index contributed by atoms with van der Waals surface area (Å²) in [5.41, 5.74) is 3.81. The molecule has 1 amide bonds. The molecule has 1 N–H and O–H groups in total. The molecular weight excluding hydrogens is 456 g/mol. The summed E-state index contributed by atoms with van der Waals surface area (Å²) in [4.78, 5) is 38.0. The molecule has 5 rings (SSSR count). The Balaban J connectivity index is 1.39. The van der Waals surface area contributed by atoms with Gasteiger partial charge >= 0.3 is 5.97 Å². The molecule has 5 aromatic rings. The van der Waals surface area contributed by atoms with Crippen molar-refractivity contribution >= 4 is 39.4 Å². The van der Waals surface area contributed by atoms with Crippen molar-refractivity contribution in [3.63, 3.8) is 0 Å². The number of aromatic nitrogens is 3. The lowest BCUT2D eigenvalue weighted by Crippen LogP contribution is -2.21. The molecule has 2 heterocycles. The Labute approximate surface area is 206 Å². The number of hydrogen-bond acceptors (Lipinski definition) is 5. The van der Waals surface area contributed by atoms with E-state index >= 15 is 0 Å². The van der Waals surface area contributed by atoms with Crippen molar-refractivity contribution in [3.05, 3.63) is 100 Å². The Bertz CT molecular complexity index is 1610. The minimum Gasteiger partial charge on any atom is -0.462 e. The van der Waals surface area contributed by atoms with Gasteiger partial charge in [-0.25, -0.2) is 9.48 Å². The summed E-state index contributed by atoms with van der Waals surface area (Å²) in [6, 6.07) is 21.8. The standard InChI is InChI=1S/C28H24N4O4/c1-3-36-28(35)23-16-29-32(18(23)2)20-14-12-19(13-15-20)30-26(33)17-31-24-10-6-4-8-21(24)27(34)22-9-5-7-11-25(22)31/h4-16H,3,17H2,1-2H3,(H,30,33). The molecule has 0 saturated heterocycles. The van der Waals surface area contributed by atoms with Gasteiger partial charge in [-0.05, 0) is 62.4 Å². The third-order valence-corrected chi connectivity index (χ3v) is 6.08. The fourth-order valence-electron chi connectivity index (χ4n) is 4.36. The van der Waals surface area contributed by atoms with Gasteiger partial charge in [0.25, 0.3) is 0 Å². The molecule has 8 heteroatoms. The van der Waals surface area contributed by atoms with E-state index < -0.39 is 5.97 Å². The van der Waals surface area contributed by atoms with E-state index in [1.54, 1.807) is 42.8 Å². The summed E-state index contributed by atoms with van der Waals surface area (Å²) in [5, 5.41) is 8.37. The molecule has 0 aliphatic carbocycles. The molecule has 0 aliphatic rings. The smallest absolute Gasteiger partial charge is 0.341 e. The van der Waals surface area contributed by atoms with Crippen LogP contribution >= 0.6 is 0 Å². The van der Waals surface area contributed by atoms with Crippen molar-refractivity contribution in [1.29, 1.82) is 0 Å². The van der Waals surface area contributed by atoms with Gasteiger partial charge in [0.05, 0.1) is 35.2 Å². The first-order chi connectivity index (χ1) is 17.5. The lowest BCUT2D eigenvalue weighted by Gasteiger charge is -2.15. The number of carbonyl (C=O) groups is 2. The fourth-order valence-corrected chi connectivity index (χ4v) is 4.36. The van der Waals surface area contributed by atoms with Crippen LogP contribution in [0, 0.1) is 6.92 Å². The van der Waals surface area contributed by atoms with Crippen molar-refractivity contribution in [2.75, 3.05) is 11.9 Å². The van der Waals surface area contributed by atoms with Gasteiger partial charge in [-0.2, -0.15) is 5.10 Å². The molecule has 0 unspecified atom stereocenters. The van der Waals surface area contributed by atoms with Gasteiger partial charge in [-0.1, -0.05) is 24.3 Å². The predicted molar refractivity (Wildman–Crippen MR) is 139 cm³/mol. The average molecular weight is 481 g/mol. The van der Waals surface area contributed by atoms with Crippen LogP contribution < -0.4 is 10.7 Å². The second-order valence-corrected chi connectivity index (χ2v) is 8.32. The molecule has 0 bridgehead atoms. The highest BCUT2D eigenvalue weighted by Crippen LogP contribution is 2.21. The van der Waals surface area contributed by atoms with E-state index in [0.29, 0.717) is 45.4 Å². The Morgan fingerprint density at radius 3 is 2.14 bits per heavy atom. The van der Waals surface area contributed by atoms with Crippen LogP contribution in [0.4, 0.5) is 5.69 Å². The predicted octanol–water partition coefficient (Wildman–Crippen LogP) is 4.46. The second-order valence-electron chi connectivity index (χ2n) is 8.32. The first kappa shape index (κ1) is 23.0. The number of fused-ring (bicyclic) bond motifs is 2. The SMILES string of the molecule is CCOC(=O)c1cnn(-c2ccc(NC(=O)Cn3c4ccccc4c(=O)c4ccccc43)cc2)c1C. The monoisotopic (exact) mass is 480 g/mol. The minimum atomic E-state index is -0.410. The summed E-state index contributed by atoms with van der Waals surface area (Å²) in [5.74, 6) is -0.630. The van der Waals surface area contributed by atoms with Crippen molar-refractivity contribution in [2.24, 2.45) is 0 Å². The highest BCUT2D eigenvalue weighted by Gasteiger charge is 2.16. The molecule has 0 radical (unpaired) electrons. The van der Waals surface area contributed by atoms with E-state index in [1.807, 2.05) is 53.1 Å². The zero-order chi connectivity index (χ0) is 25.2. The number of anilines is 1. The summed E-state index contributed by atoms with van der Waals surface area (Å²) >= 11 is 0. The van der Waals surface area contributed by atoms with Gasteiger partial charge < -0.3 is 14.6 Å². The molecule has 3 aromatic carbocycles. The first-order valence-corrected chi connectivity index (χ1v) is 11.6. The molecule has 0 spiro atoms. The lowest BCUT2D eigenvalue weighted by atomic mass is 10.1. The van der Waals surface area contributed by atoms with Gasteiger partial charge in [-0.15, -0.1) is 0 Å². The van der Waals surface area contributed by atoms with Crippen LogP contribution in [0.3, 0.4) is 0 Å². The number of carbonyl (C=O) groups excluding carboxylic acids is 2. The van der Waals surface area contributed by atoms with E-state index in [2.05, 4.69) is 10.4 Å². The number of rotatable bonds is 6. The molecule has 36 heavy (non-hydrogen) atoms. The minimum absolute atomic E-state index is 0.0459. The quantitative estimate of drug-likeness (QED) is 0.286. The van der Waals surface area contributed by atoms with E-state index in [-0.39, 0.29) is 17.9 Å². The number of para-hydroxylation sites is 2. The van der Waals surface area contributed by atoms with Crippen LogP contribution in [0.5, 0.6) is 0 Å². The Hall–Kier alpha value is -4.72. The van der Waals surface area contributed by atoms with E-state index in [9.17, 15) is 14.4 Å². The van der Waals surface area contributed by atoms with Gasteiger partial charge in [0.15, 0.2) is 5.43 Å². The molecule has 0 saturated carbocycles. The number of ether oxygens (including phenoxy) is 1. The van der Waals surface area contributed by atoms with Crippen molar-refractivity contribution in [3.8, 4) is 5.69 Å². The summed E-state index contributed by atoms with van der Waals surface area (Å²) < 4.78 is 8.58. The van der Waals surface area contributed by atoms with Crippen LogP contribution in [-0.4, -0.2) is 32.8 Å². The van der Waals surface area contributed by atoms with Crippen LogP contribution in [-0.2, 0) is 16.1 Å². The van der Waals surface area contributed by atoms with Crippen molar-refractivity contribution < 1.29 is 14.3 Å². The third kappa shape index (κ3) is 4.13. The van der Waals surface area contributed by atoms with Crippen LogP contribution in [0.1, 0.15) is 23.0 Å². The number of pyridine rings is 1. The van der Waals surface area contributed by atoms with Crippen LogP contribution in [0.15, 0.2) is 83.8 Å². The Morgan fingerprint density at radius 1 is 0.917 bits per heavy atom. The van der Waals surface area contributed by atoms with E-state index in [0.717, 1.165) is 5.69 Å². The maximum atomic E-state index is 13.0. The second kappa shape index (κ2) is 9.50. The van der Waals surface area contributed by atoms with E-state index in [1.165, 1.54) is 6.20 Å². The molecule has 180 valence electrons. The Kier molecular flexibility index (Phi) is 6.08. The topological polar surface area (TPSA) is 95.2 Å². The maximum absolute atomic E-state index is 13.0. The Morgan fingerprint density at radius 2 is 1.53 bits per heavy atom. The van der Waals surface area contributed by atoms with Crippen molar-refractivity contribution in [1.82, 2.24) is 14.3 Å². The van der Waals surface area contributed by atoms with Crippen LogP contribution in [0.2, 0.25) is 0 Å². The van der Waals surface area contributed by atoms with Gasteiger partial charge in [0.1, 0.15) is 12.1 Å². The summed E-state index contributed by atoms with van der Waals surface area (Å²) in [6.07, 6.45) is 1.49. The molecule has 0 aliphatic heterocycles.